The lowest BCUT2D eigenvalue weighted by Crippen LogP contribution is -2.35. The molecule has 1 amide bonds. The summed E-state index contributed by atoms with van der Waals surface area (Å²) in [6.07, 6.45) is 0.0800. The Labute approximate surface area is 114 Å². The molecule has 1 aromatic rings. The molecule has 0 radical (unpaired) electrons. The number of rotatable bonds is 3. The third-order valence-corrected chi connectivity index (χ3v) is 4.64. The molecule has 0 bridgehead atoms. The van der Waals surface area contributed by atoms with Gasteiger partial charge in [-0.15, -0.1) is 0 Å². The van der Waals surface area contributed by atoms with Crippen LogP contribution < -0.4 is 4.90 Å². The van der Waals surface area contributed by atoms with Gasteiger partial charge in [-0.1, -0.05) is 18.2 Å². The SMILES string of the molecule is CC1COP(C(C)N(C(=O)[S-])c2ccccc2)O1. The van der Waals surface area contributed by atoms with Crippen LogP contribution in [-0.2, 0) is 21.7 Å². The number of para-hydroxylation sites is 1. The summed E-state index contributed by atoms with van der Waals surface area (Å²) in [5, 5.41) is -0.414. The Morgan fingerprint density at radius 2 is 2.17 bits per heavy atom. The molecule has 1 saturated heterocycles. The Hall–Kier alpha value is -0.740. The van der Waals surface area contributed by atoms with Crippen LogP contribution in [0.2, 0.25) is 0 Å². The molecule has 0 N–H and O–H groups in total. The van der Waals surface area contributed by atoms with E-state index in [1.807, 2.05) is 44.2 Å². The molecule has 0 aliphatic carbocycles. The van der Waals surface area contributed by atoms with Crippen molar-refractivity contribution in [3.63, 3.8) is 0 Å². The summed E-state index contributed by atoms with van der Waals surface area (Å²) in [4.78, 5) is 13.2. The normalized spacial score (nSPS) is 24.8. The third kappa shape index (κ3) is 2.98. The van der Waals surface area contributed by atoms with E-state index in [1.54, 1.807) is 4.90 Å². The second kappa shape index (κ2) is 5.93. The lowest BCUT2D eigenvalue weighted by molar-refractivity contribution is 0.260. The minimum Gasteiger partial charge on any atom is -0.719 e. The zero-order valence-electron chi connectivity index (χ0n) is 10.3. The number of amides is 1. The van der Waals surface area contributed by atoms with Gasteiger partial charge in [0.1, 0.15) is 11.0 Å². The fourth-order valence-electron chi connectivity index (χ4n) is 1.77. The minimum atomic E-state index is -1.10. The van der Waals surface area contributed by atoms with Gasteiger partial charge in [-0.3, -0.25) is 0 Å². The molecule has 1 aromatic carbocycles. The first-order valence-electron chi connectivity index (χ1n) is 5.74. The summed E-state index contributed by atoms with van der Waals surface area (Å²) in [5.74, 6) is -0.183. The van der Waals surface area contributed by atoms with Gasteiger partial charge in [-0.25, -0.2) is 0 Å². The van der Waals surface area contributed by atoms with Crippen LogP contribution in [0.25, 0.3) is 0 Å². The highest BCUT2D eigenvalue weighted by molar-refractivity contribution is 7.77. The highest BCUT2D eigenvalue weighted by atomic mass is 32.1. The van der Waals surface area contributed by atoms with Gasteiger partial charge in [-0.05, 0) is 26.0 Å². The highest BCUT2D eigenvalue weighted by Gasteiger charge is 2.33. The van der Waals surface area contributed by atoms with Crippen molar-refractivity contribution in [2.45, 2.75) is 25.7 Å². The Morgan fingerprint density at radius 3 is 2.67 bits per heavy atom. The monoisotopic (exact) mass is 284 g/mol. The molecule has 3 atom stereocenters. The first-order valence-corrected chi connectivity index (χ1v) is 7.39. The molecular weight excluding hydrogens is 269 g/mol. The maximum atomic E-state index is 11.7. The number of anilines is 1. The quantitative estimate of drug-likeness (QED) is 0.631. The molecule has 0 saturated carbocycles. The van der Waals surface area contributed by atoms with Gasteiger partial charge in [0.2, 0.25) is 0 Å². The largest absolute Gasteiger partial charge is 0.719 e. The maximum absolute atomic E-state index is 11.7. The predicted octanol–water partition coefficient (Wildman–Crippen LogP) is 3.25. The second-order valence-corrected chi connectivity index (χ2v) is 6.24. The van der Waals surface area contributed by atoms with Crippen LogP contribution in [-0.4, -0.2) is 23.7 Å². The Morgan fingerprint density at radius 1 is 1.50 bits per heavy atom. The van der Waals surface area contributed by atoms with Crippen LogP contribution >= 0.6 is 8.38 Å². The van der Waals surface area contributed by atoms with E-state index in [0.717, 1.165) is 5.69 Å². The van der Waals surface area contributed by atoms with Gasteiger partial charge in [0.15, 0.2) is 8.38 Å². The zero-order chi connectivity index (χ0) is 13.1. The molecule has 98 valence electrons. The molecule has 4 nitrogen and oxygen atoms in total. The Balaban J connectivity index is 2.18. The smallest absolute Gasteiger partial charge is 0.195 e. The Bertz CT molecular complexity index is 417. The van der Waals surface area contributed by atoms with Crippen molar-refractivity contribution < 1.29 is 13.8 Å². The standard InChI is InChI=1S/C12H16NO3PS/c1-9-8-15-17(16-9)10(2)13(12(14)18)11-6-4-3-5-7-11/h3-7,9-10H,8H2,1-2H3,(H,14,18)/p-1. The van der Waals surface area contributed by atoms with E-state index >= 15 is 0 Å². The number of benzene rings is 1. The molecule has 1 fully saturated rings. The molecule has 18 heavy (non-hydrogen) atoms. The van der Waals surface area contributed by atoms with E-state index in [0.29, 0.717) is 6.61 Å². The summed E-state index contributed by atoms with van der Waals surface area (Å²) < 4.78 is 11.3. The van der Waals surface area contributed by atoms with Crippen molar-refractivity contribution in [3.8, 4) is 0 Å². The van der Waals surface area contributed by atoms with Crippen molar-refractivity contribution in [2.75, 3.05) is 11.5 Å². The fraction of sp³-hybridized carbons (Fsp3) is 0.417. The van der Waals surface area contributed by atoms with Crippen molar-refractivity contribution in [1.82, 2.24) is 0 Å². The summed E-state index contributed by atoms with van der Waals surface area (Å²) in [6.45, 7) is 4.43. The molecule has 1 heterocycles. The van der Waals surface area contributed by atoms with Crippen molar-refractivity contribution in [1.29, 1.82) is 0 Å². The van der Waals surface area contributed by atoms with Gasteiger partial charge in [0.05, 0.1) is 12.7 Å². The van der Waals surface area contributed by atoms with Crippen molar-refractivity contribution >= 4 is 31.9 Å². The molecule has 2 rings (SSSR count). The topological polar surface area (TPSA) is 38.8 Å². The predicted molar refractivity (Wildman–Crippen MR) is 74.6 cm³/mol. The van der Waals surface area contributed by atoms with Gasteiger partial charge in [-0.2, -0.15) is 0 Å². The summed E-state index contributed by atoms with van der Waals surface area (Å²) in [5.41, 5.74) is 0.777. The van der Waals surface area contributed by atoms with Crippen LogP contribution in [0.3, 0.4) is 0 Å². The van der Waals surface area contributed by atoms with E-state index in [2.05, 4.69) is 0 Å². The maximum Gasteiger partial charge on any atom is 0.195 e. The van der Waals surface area contributed by atoms with Crippen molar-refractivity contribution in [3.05, 3.63) is 30.3 Å². The fourth-order valence-corrected chi connectivity index (χ4v) is 3.76. The summed E-state index contributed by atoms with van der Waals surface area (Å²) in [7, 11) is -1.10. The number of carbonyl (C=O) groups excluding carboxylic acids is 1. The van der Waals surface area contributed by atoms with E-state index in [1.165, 1.54) is 0 Å². The van der Waals surface area contributed by atoms with Crippen LogP contribution in [0.1, 0.15) is 13.8 Å². The average molecular weight is 284 g/mol. The van der Waals surface area contributed by atoms with Gasteiger partial charge < -0.3 is 31.4 Å². The number of hydrogen-bond acceptors (Lipinski definition) is 4. The second-order valence-electron chi connectivity index (χ2n) is 4.10. The van der Waals surface area contributed by atoms with E-state index < -0.39 is 13.6 Å². The molecule has 3 unspecified atom stereocenters. The van der Waals surface area contributed by atoms with Crippen LogP contribution in [0.4, 0.5) is 10.5 Å². The van der Waals surface area contributed by atoms with E-state index in [4.69, 9.17) is 21.7 Å². The zero-order valence-corrected chi connectivity index (χ0v) is 12.0. The lowest BCUT2D eigenvalue weighted by atomic mass is 10.3. The summed E-state index contributed by atoms with van der Waals surface area (Å²) >= 11 is 4.81. The number of nitrogens with zero attached hydrogens (tertiary/aromatic N) is 1. The molecule has 0 spiro atoms. The molecule has 1 aliphatic heterocycles. The van der Waals surface area contributed by atoms with E-state index in [-0.39, 0.29) is 11.9 Å². The number of hydrogen-bond donors (Lipinski definition) is 0. The highest BCUT2D eigenvalue weighted by Crippen LogP contribution is 2.51. The van der Waals surface area contributed by atoms with Crippen LogP contribution in [0.15, 0.2) is 30.3 Å². The average Bonchev–Trinajstić information content (AvgIpc) is 2.77. The Kier molecular flexibility index (Phi) is 4.51. The first-order chi connectivity index (χ1) is 8.59. The van der Waals surface area contributed by atoms with Crippen LogP contribution in [0.5, 0.6) is 0 Å². The van der Waals surface area contributed by atoms with Crippen molar-refractivity contribution in [2.24, 2.45) is 0 Å². The third-order valence-electron chi connectivity index (χ3n) is 2.63. The summed E-state index contributed by atoms with van der Waals surface area (Å²) in [6, 6.07) is 9.36. The minimum absolute atomic E-state index is 0.0800. The van der Waals surface area contributed by atoms with Crippen LogP contribution in [0, 0.1) is 0 Å². The molecule has 1 aliphatic rings. The molecule has 6 heteroatoms. The van der Waals surface area contributed by atoms with Gasteiger partial charge in [0.25, 0.3) is 0 Å². The van der Waals surface area contributed by atoms with Gasteiger partial charge >= 0.3 is 0 Å². The molecular formula is C12H15NO3PS-. The van der Waals surface area contributed by atoms with E-state index in [9.17, 15) is 4.79 Å². The lowest BCUT2D eigenvalue weighted by Gasteiger charge is -2.34. The first kappa shape index (κ1) is 13.7. The number of carbonyl (C=O) groups is 1. The molecule has 0 aromatic heterocycles. The van der Waals surface area contributed by atoms with Gasteiger partial charge in [0, 0.05) is 5.69 Å².